The van der Waals surface area contributed by atoms with E-state index in [0.29, 0.717) is 18.0 Å². The Morgan fingerprint density at radius 2 is 1.96 bits per heavy atom. The zero-order valence-corrected chi connectivity index (χ0v) is 15.7. The summed E-state index contributed by atoms with van der Waals surface area (Å²) < 4.78 is 5.45. The van der Waals surface area contributed by atoms with Crippen molar-refractivity contribution >= 4 is 28.7 Å². The molecule has 5 nitrogen and oxygen atoms in total. The third kappa shape index (κ3) is 3.12. The fourth-order valence-electron chi connectivity index (χ4n) is 3.02. The lowest BCUT2D eigenvalue weighted by Gasteiger charge is -2.26. The number of amides is 1. The van der Waals surface area contributed by atoms with Gasteiger partial charge in [0.15, 0.2) is 11.5 Å². The van der Waals surface area contributed by atoms with Crippen molar-refractivity contribution in [1.29, 1.82) is 0 Å². The summed E-state index contributed by atoms with van der Waals surface area (Å²) in [6, 6.07) is 10.2. The van der Waals surface area contributed by atoms with Gasteiger partial charge in [-0.3, -0.25) is 14.5 Å². The molecule has 0 fully saturated rings. The lowest BCUT2D eigenvalue weighted by Crippen LogP contribution is -2.30. The third-order valence-corrected chi connectivity index (χ3v) is 5.16. The number of carbonyl (C=O) groups is 2. The molecule has 6 heteroatoms. The predicted molar refractivity (Wildman–Crippen MR) is 102 cm³/mol. The molecule has 26 heavy (non-hydrogen) atoms. The van der Waals surface area contributed by atoms with Gasteiger partial charge in [0.1, 0.15) is 11.8 Å². The summed E-state index contributed by atoms with van der Waals surface area (Å²) in [6.07, 6.45) is 0. The second-order valence-corrected chi connectivity index (χ2v) is 7.28. The number of aliphatic hydroxyl groups is 1. The smallest absolute Gasteiger partial charge is 0.294 e. The van der Waals surface area contributed by atoms with Gasteiger partial charge in [-0.05, 0) is 42.6 Å². The molecule has 1 unspecified atom stereocenters. The fraction of sp³-hybridized carbons (Fsp3) is 0.300. The number of rotatable bonds is 6. The molecule has 1 aromatic heterocycles. The van der Waals surface area contributed by atoms with Crippen molar-refractivity contribution in [2.45, 2.75) is 26.8 Å². The van der Waals surface area contributed by atoms with Crippen LogP contribution in [0.2, 0.25) is 0 Å². The first-order valence-corrected chi connectivity index (χ1v) is 9.40. The average Bonchev–Trinajstić information content (AvgIpc) is 3.23. The number of hydrogen-bond donors (Lipinski definition) is 1. The number of Topliss-reactive ketones (excluding diaryl/α,β-unsaturated/α-hetero) is 1. The van der Waals surface area contributed by atoms with E-state index in [0.717, 1.165) is 4.88 Å². The molecule has 0 radical (unpaired) electrons. The summed E-state index contributed by atoms with van der Waals surface area (Å²) in [4.78, 5) is 27.8. The molecule has 1 amide bonds. The summed E-state index contributed by atoms with van der Waals surface area (Å²) in [5.74, 6) is -0.857. The van der Waals surface area contributed by atoms with Gasteiger partial charge in [0, 0.05) is 16.5 Å². The molecule has 3 rings (SSSR count). The molecule has 0 aliphatic carbocycles. The third-order valence-electron chi connectivity index (χ3n) is 4.24. The Hall–Kier alpha value is -2.60. The number of anilines is 1. The average molecular weight is 371 g/mol. The number of ketones is 1. The Morgan fingerprint density at radius 1 is 1.27 bits per heavy atom. The number of hydrogen-bond acceptors (Lipinski definition) is 5. The second kappa shape index (κ2) is 7.33. The van der Waals surface area contributed by atoms with E-state index >= 15 is 0 Å². The number of thiophene rings is 1. The van der Waals surface area contributed by atoms with E-state index in [1.54, 1.807) is 38.1 Å². The largest absolute Gasteiger partial charge is 0.503 e. The molecule has 1 aliphatic rings. The van der Waals surface area contributed by atoms with Crippen LogP contribution in [-0.4, -0.2) is 23.4 Å². The Morgan fingerprint density at radius 3 is 2.50 bits per heavy atom. The first kappa shape index (κ1) is 18.2. The molecule has 1 aliphatic heterocycles. The zero-order chi connectivity index (χ0) is 18.8. The molecule has 0 bridgehead atoms. The maximum absolute atomic E-state index is 12.8. The van der Waals surface area contributed by atoms with Gasteiger partial charge < -0.3 is 9.84 Å². The SMILES string of the molecule is CCOc1ccc(N2C(=O)C(O)=C(C(=O)C(C)C)C2c2cccs2)cc1. The normalized spacial score (nSPS) is 17.3. The van der Waals surface area contributed by atoms with E-state index in [-0.39, 0.29) is 17.3 Å². The Labute approximate surface area is 156 Å². The van der Waals surface area contributed by atoms with Crippen LogP contribution in [0.5, 0.6) is 5.75 Å². The monoisotopic (exact) mass is 371 g/mol. The maximum Gasteiger partial charge on any atom is 0.294 e. The lowest BCUT2D eigenvalue weighted by molar-refractivity contribution is -0.119. The molecular formula is C20H21NO4S. The summed E-state index contributed by atoms with van der Waals surface area (Å²) in [5.41, 5.74) is 0.774. The second-order valence-electron chi connectivity index (χ2n) is 6.30. The summed E-state index contributed by atoms with van der Waals surface area (Å²) in [6.45, 7) is 5.97. The molecule has 1 aromatic carbocycles. The molecule has 1 atom stereocenters. The van der Waals surface area contributed by atoms with Gasteiger partial charge in [-0.2, -0.15) is 0 Å². The van der Waals surface area contributed by atoms with E-state index in [2.05, 4.69) is 0 Å². The maximum atomic E-state index is 12.8. The van der Waals surface area contributed by atoms with Gasteiger partial charge >= 0.3 is 0 Å². The lowest BCUT2D eigenvalue weighted by atomic mass is 9.94. The van der Waals surface area contributed by atoms with Crippen molar-refractivity contribution in [3.8, 4) is 5.75 Å². The van der Waals surface area contributed by atoms with Crippen molar-refractivity contribution < 1.29 is 19.4 Å². The van der Waals surface area contributed by atoms with Crippen molar-refractivity contribution in [3.05, 3.63) is 58.0 Å². The van der Waals surface area contributed by atoms with Crippen LogP contribution in [0, 0.1) is 5.92 Å². The molecule has 0 saturated heterocycles. The van der Waals surface area contributed by atoms with Gasteiger partial charge in [0.25, 0.3) is 5.91 Å². The number of ether oxygens (including phenoxy) is 1. The highest BCUT2D eigenvalue weighted by Gasteiger charge is 2.45. The van der Waals surface area contributed by atoms with Gasteiger partial charge in [0.05, 0.1) is 12.2 Å². The molecule has 1 N–H and O–H groups in total. The molecule has 2 aromatic rings. The van der Waals surface area contributed by atoms with Crippen LogP contribution < -0.4 is 9.64 Å². The van der Waals surface area contributed by atoms with Crippen molar-refractivity contribution in [2.75, 3.05) is 11.5 Å². The Balaban J connectivity index is 2.07. The zero-order valence-electron chi connectivity index (χ0n) is 14.9. The number of aliphatic hydroxyl groups excluding tert-OH is 1. The molecule has 2 heterocycles. The van der Waals surface area contributed by atoms with E-state index in [1.165, 1.54) is 16.2 Å². The van der Waals surface area contributed by atoms with Crippen molar-refractivity contribution in [3.63, 3.8) is 0 Å². The summed E-state index contributed by atoms with van der Waals surface area (Å²) in [5, 5.41) is 12.4. The minimum atomic E-state index is -0.615. The van der Waals surface area contributed by atoms with Crippen molar-refractivity contribution in [1.82, 2.24) is 0 Å². The van der Waals surface area contributed by atoms with E-state index < -0.39 is 17.7 Å². The summed E-state index contributed by atoms with van der Waals surface area (Å²) in [7, 11) is 0. The van der Waals surface area contributed by atoms with Crippen LogP contribution in [0.4, 0.5) is 5.69 Å². The van der Waals surface area contributed by atoms with E-state index in [4.69, 9.17) is 4.74 Å². The fourth-order valence-corrected chi connectivity index (χ4v) is 3.84. The molecule has 0 spiro atoms. The van der Waals surface area contributed by atoms with Crippen LogP contribution in [0.15, 0.2) is 53.1 Å². The topological polar surface area (TPSA) is 66.8 Å². The quantitative estimate of drug-likeness (QED) is 0.823. The number of nitrogens with zero attached hydrogens (tertiary/aromatic N) is 1. The first-order valence-electron chi connectivity index (χ1n) is 8.52. The number of carbonyl (C=O) groups excluding carboxylic acids is 2. The van der Waals surface area contributed by atoms with Crippen LogP contribution in [0.1, 0.15) is 31.7 Å². The van der Waals surface area contributed by atoms with Crippen LogP contribution in [0.3, 0.4) is 0 Å². The first-order chi connectivity index (χ1) is 12.5. The minimum Gasteiger partial charge on any atom is -0.503 e. The van der Waals surface area contributed by atoms with E-state index in [1.807, 2.05) is 24.4 Å². The highest BCUT2D eigenvalue weighted by molar-refractivity contribution is 7.10. The van der Waals surface area contributed by atoms with Crippen LogP contribution >= 0.6 is 11.3 Å². The minimum absolute atomic E-state index is 0.168. The van der Waals surface area contributed by atoms with Gasteiger partial charge in [-0.1, -0.05) is 19.9 Å². The van der Waals surface area contributed by atoms with Gasteiger partial charge in [-0.25, -0.2) is 0 Å². The van der Waals surface area contributed by atoms with Gasteiger partial charge in [0.2, 0.25) is 0 Å². The highest BCUT2D eigenvalue weighted by atomic mass is 32.1. The van der Waals surface area contributed by atoms with Crippen molar-refractivity contribution in [2.24, 2.45) is 5.92 Å². The number of benzene rings is 1. The van der Waals surface area contributed by atoms with Crippen LogP contribution in [-0.2, 0) is 9.59 Å². The summed E-state index contributed by atoms with van der Waals surface area (Å²) >= 11 is 1.45. The highest BCUT2D eigenvalue weighted by Crippen LogP contribution is 2.43. The Kier molecular flexibility index (Phi) is 5.13. The molecular weight excluding hydrogens is 350 g/mol. The predicted octanol–water partition coefficient (Wildman–Crippen LogP) is 4.27. The van der Waals surface area contributed by atoms with Gasteiger partial charge in [-0.15, -0.1) is 11.3 Å². The Bertz CT molecular complexity index is 837. The molecule has 136 valence electrons. The van der Waals surface area contributed by atoms with Crippen LogP contribution in [0.25, 0.3) is 0 Å². The molecule has 0 saturated carbocycles. The standard InChI is InChI=1S/C20H21NO4S/c1-4-25-14-9-7-13(8-10-14)21-17(15-6-5-11-26-15)16(18(22)12(2)3)19(23)20(21)24/h5-12,17,23H,4H2,1-3H3. The van der Waals surface area contributed by atoms with E-state index in [9.17, 15) is 14.7 Å².